The lowest BCUT2D eigenvalue weighted by atomic mass is 10.1. The molecule has 2 N–H and O–H groups in total. The zero-order chi connectivity index (χ0) is 15.6. The molecule has 0 aromatic heterocycles. The SMILES string of the molecule is Cc1ccccc1S(=O)(=O)Nc1c(C)cccc1C(=O)O. The molecule has 0 amide bonds. The van der Waals surface area contributed by atoms with Crippen molar-refractivity contribution in [2.24, 2.45) is 0 Å². The molecule has 21 heavy (non-hydrogen) atoms. The van der Waals surface area contributed by atoms with Crippen LogP contribution < -0.4 is 4.72 Å². The molecule has 5 nitrogen and oxygen atoms in total. The summed E-state index contributed by atoms with van der Waals surface area (Å²) >= 11 is 0. The van der Waals surface area contributed by atoms with Gasteiger partial charge >= 0.3 is 5.97 Å². The van der Waals surface area contributed by atoms with Crippen LogP contribution in [-0.4, -0.2) is 19.5 Å². The molecular weight excluding hydrogens is 290 g/mol. The summed E-state index contributed by atoms with van der Waals surface area (Å²) in [5.41, 5.74) is 1.16. The van der Waals surface area contributed by atoms with Crippen LogP contribution in [0.25, 0.3) is 0 Å². The number of nitrogens with one attached hydrogen (secondary N) is 1. The largest absolute Gasteiger partial charge is 0.478 e. The Hall–Kier alpha value is -2.34. The number of aryl methyl sites for hydroxylation is 2. The Morgan fingerprint density at radius 2 is 1.62 bits per heavy atom. The second-order valence-corrected chi connectivity index (χ2v) is 6.32. The van der Waals surface area contributed by atoms with Gasteiger partial charge in [-0.25, -0.2) is 13.2 Å². The third kappa shape index (κ3) is 3.05. The van der Waals surface area contributed by atoms with Crippen LogP contribution in [0.5, 0.6) is 0 Å². The van der Waals surface area contributed by atoms with E-state index in [1.165, 1.54) is 12.1 Å². The first-order valence-corrected chi connectivity index (χ1v) is 7.72. The minimum atomic E-state index is -3.84. The van der Waals surface area contributed by atoms with Crippen molar-refractivity contribution in [1.29, 1.82) is 0 Å². The lowest BCUT2D eigenvalue weighted by Gasteiger charge is -2.14. The quantitative estimate of drug-likeness (QED) is 0.909. The van der Waals surface area contributed by atoms with Crippen molar-refractivity contribution in [2.45, 2.75) is 18.7 Å². The van der Waals surface area contributed by atoms with Crippen LogP contribution in [0, 0.1) is 13.8 Å². The second kappa shape index (κ2) is 5.57. The number of anilines is 1. The molecule has 0 aliphatic heterocycles. The zero-order valence-electron chi connectivity index (χ0n) is 11.6. The first-order valence-electron chi connectivity index (χ1n) is 6.24. The predicted octanol–water partition coefficient (Wildman–Crippen LogP) is 2.80. The smallest absolute Gasteiger partial charge is 0.337 e. The molecule has 0 atom stereocenters. The highest BCUT2D eigenvalue weighted by Gasteiger charge is 2.21. The summed E-state index contributed by atoms with van der Waals surface area (Å²) < 4.78 is 27.3. The van der Waals surface area contributed by atoms with Gasteiger partial charge in [0.1, 0.15) is 0 Å². The normalized spacial score (nSPS) is 11.1. The topological polar surface area (TPSA) is 83.5 Å². The Kier molecular flexibility index (Phi) is 3.99. The predicted molar refractivity (Wildman–Crippen MR) is 80.1 cm³/mol. The maximum atomic E-state index is 12.4. The lowest BCUT2D eigenvalue weighted by Crippen LogP contribution is -2.17. The van der Waals surface area contributed by atoms with E-state index < -0.39 is 16.0 Å². The van der Waals surface area contributed by atoms with Crippen LogP contribution in [0.1, 0.15) is 21.5 Å². The van der Waals surface area contributed by atoms with Gasteiger partial charge in [-0.2, -0.15) is 0 Å². The Labute approximate surface area is 123 Å². The molecule has 0 radical (unpaired) electrons. The van der Waals surface area contributed by atoms with E-state index in [-0.39, 0.29) is 16.1 Å². The molecule has 0 aliphatic carbocycles. The number of hydrogen-bond acceptors (Lipinski definition) is 3. The molecule has 0 fully saturated rings. The fourth-order valence-electron chi connectivity index (χ4n) is 2.03. The second-order valence-electron chi connectivity index (χ2n) is 4.67. The summed E-state index contributed by atoms with van der Waals surface area (Å²) in [7, 11) is -3.84. The number of aromatic carboxylic acids is 1. The fraction of sp³-hybridized carbons (Fsp3) is 0.133. The maximum Gasteiger partial charge on any atom is 0.337 e. The number of benzene rings is 2. The molecule has 0 saturated carbocycles. The Balaban J connectivity index is 2.52. The molecule has 6 heteroatoms. The monoisotopic (exact) mass is 305 g/mol. The van der Waals surface area contributed by atoms with Gasteiger partial charge in [-0.1, -0.05) is 30.3 Å². The van der Waals surface area contributed by atoms with E-state index >= 15 is 0 Å². The minimum Gasteiger partial charge on any atom is -0.478 e. The van der Waals surface area contributed by atoms with Crippen LogP contribution in [-0.2, 0) is 10.0 Å². The highest BCUT2D eigenvalue weighted by Crippen LogP contribution is 2.25. The first kappa shape index (κ1) is 15.1. The van der Waals surface area contributed by atoms with Gasteiger partial charge in [0.25, 0.3) is 10.0 Å². The molecule has 0 spiro atoms. The molecule has 0 aliphatic rings. The molecule has 0 saturated heterocycles. The van der Waals surface area contributed by atoms with Gasteiger partial charge in [0.05, 0.1) is 16.1 Å². The van der Waals surface area contributed by atoms with E-state index in [2.05, 4.69) is 4.72 Å². The van der Waals surface area contributed by atoms with Crippen molar-refractivity contribution >= 4 is 21.7 Å². The molecule has 0 heterocycles. The highest BCUT2D eigenvalue weighted by atomic mass is 32.2. The number of para-hydroxylation sites is 1. The van der Waals surface area contributed by atoms with Crippen LogP contribution in [0.2, 0.25) is 0 Å². The number of rotatable bonds is 4. The van der Waals surface area contributed by atoms with E-state index in [1.54, 1.807) is 44.2 Å². The van der Waals surface area contributed by atoms with E-state index in [0.29, 0.717) is 11.1 Å². The van der Waals surface area contributed by atoms with Crippen molar-refractivity contribution in [3.63, 3.8) is 0 Å². The molecule has 2 rings (SSSR count). The standard InChI is InChI=1S/C15H15NO4S/c1-10-6-3-4-9-13(10)21(19,20)16-14-11(2)7-5-8-12(14)15(17)18/h3-9,16H,1-2H3,(H,17,18). The highest BCUT2D eigenvalue weighted by molar-refractivity contribution is 7.92. The number of carboxylic acid groups (broad SMARTS) is 1. The van der Waals surface area contributed by atoms with Gasteiger partial charge in [-0.3, -0.25) is 4.72 Å². The number of sulfonamides is 1. The Morgan fingerprint density at radius 1 is 1.00 bits per heavy atom. The third-order valence-corrected chi connectivity index (χ3v) is 4.63. The zero-order valence-corrected chi connectivity index (χ0v) is 12.4. The molecule has 0 bridgehead atoms. The van der Waals surface area contributed by atoms with Gasteiger partial charge < -0.3 is 5.11 Å². The minimum absolute atomic E-state index is 0.0767. The average Bonchev–Trinajstić information content (AvgIpc) is 2.41. The summed E-state index contributed by atoms with van der Waals surface area (Å²) in [6.07, 6.45) is 0. The Bertz CT molecular complexity index is 797. The van der Waals surface area contributed by atoms with Gasteiger partial charge in [0.2, 0.25) is 0 Å². The van der Waals surface area contributed by atoms with Crippen molar-refractivity contribution in [1.82, 2.24) is 0 Å². The Morgan fingerprint density at radius 3 is 2.24 bits per heavy atom. The van der Waals surface area contributed by atoms with E-state index in [4.69, 9.17) is 0 Å². The average molecular weight is 305 g/mol. The first-order chi connectivity index (χ1) is 9.83. The number of hydrogen-bond donors (Lipinski definition) is 2. The summed E-state index contributed by atoms with van der Waals surface area (Å²) in [6, 6.07) is 11.1. The number of carbonyl (C=O) groups is 1. The molecule has 110 valence electrons. The van der Waals surface area contributed by atoms with Crippen LogP contribution in [0.3, 0.4) is 0 Å². The van der Waals surface area contributed by atoms with Crippen molar-refractivity contribution < 1.29 is 18.3 Å². The van der Waals surface area contributed by atoms with Crippen molar-refractivity contribution in [2.75, 3.05) is 4.72 Å². The van der Waals surface area contributed by atoms with E-state index in [1.807, 2.05) is 0 Å². The molecule has 2 aromatic rings. The van der Waals surface area contributed by atoms with Crippen LogP contribution >= 0.6 is 0 Å². The number of carboxylic acids is 1. The van der Waals surface area contributed by atoms with Crippen LogP contribution in [0.4, 0.5) is 5.69 Å². The van der Waals surface area contributed by atoms with Gasteiger partial charge in [0.15, 0.2) is 0 Å². The van der Waals surface area contributed by atoms with E-state index in [0.717, 1.165) is 0 Å². The summed E-state index contributed by atoms with van der Waals surface area (Å²) in [5.74, 6) is -1.18. The van der Waals surface area contributed by atoms with E-state index in [9.17, 15) is 18.3 Å². The fourth-order valence-corrected chi connectivity index (χ4v) is 3.43. The molecular formula is C15H15NO4S. The van der Waals surface area contributed by atoms with Gasteiger partial charge in [-0.15, -0.1) is 0 Å². The van der Waals surface area contributed by atoms with Gasteiger partial charge in [-0.05, 0) is 37.1 Å². The van der Waals surface area contributed by atoms with Gasteiger partial charge in [0, 0.05) is 0 Å². The molecule has 2 aromatic carbocycles. The summed E-state index contributed by atoms with van der Waals surface area (Å²) in [4.78, 5) is 11.4. The summed E-state index contributed by atoms with van der Waals surface area (Å²) in [5, 5.41) is 9.18. The molecule has 0 unspecified atom stereocenters. The maximum absolute atomic E-state index is 12.4. The van der Waals surface area contributed by atoms with Crippen molar-refractivity contribution in [3.8, 4) is 0 Å². The lowest BCUT2D eigenvalue weighted by molar-refractivity contribution is 0.0698. The van der Waals surface area contributed by atoms with Crippen molar-refractivity contribution in [3.05, 3.63) is 59.2 Å². The summed E-state index contributed by atoms with van der Waals surface area (Å²) in [6.45, 7) is 3.34. The third-order valence-electron chi connectivity index (χ3n) is 3.12. The van der Waals surface area contributed by atoms with Crippen LogP contribution in [0.15, 0.2) is 47.4 Å².